The van der Waals surface area contributed by atoms with Crippen LogP contribution in [0.2, 0.25) is 0 Å². The standard InChI is InChI=1S/C14H23N/c1-10(2)15-9-13(5)14-7-11(3)6-12(4)8-14/h6-8,10,13,15H,9H2,1-5H3. The van der Waals surface area contributed by atoms with Gasteiger partial charge in [0.1, 0.15) is 0 Å². The van der Waals surface area contributed by atoms with Crippen LogP contribution in [0, 0.1) is 13.8 Å². The van der Waals surface area contributed by atoms with Crippen molar-refractivity contribution in [3.05, 3.63) is 34.9 Å². The molecule has 0 aliphatic rings. The average Bonchev–Trinajstić information content (AvgIpc) is 2.12. The van der Waals surface area contributed by atoms with Crippen LogP contribution in [0.4, 0.5) is 0 Å². The van der Waals surface area contributed by atoms with E-state index in [0.29, 0.717) is 12.0 Å². The first kappa shape index (κ1) is 12.3. The zero-order valence-corrected chi connectivity index (χ0v) is 10.6. The maximum absolute atomic E-state index is 3.48. The number of rotatable bonds is 4. The molecular weight excluding hydrogens is 182 g/mol. The van der Waals surface area contributed by atoms with Gasteiger partial charge in [-0.1, -0.05) is 50.1 Å². The maximum Gasteiger partial charge on any atom is 0.00198 e. The van der Waals surface area contributed by atoms with Crippen LogP contribution >= 0.6 is 0 Å². The fraction of sp³-hybridized carbons (Fsp3) is 0.571. The Kier molecular flexibility index (Phi) is 4.34. The van der Waals surface area contributed by atoms with Gasteiger partial charge in [0.15, 0.2) is 0 Å². The molecule has 84 valence electrons. The predicted molar refractivity (Wildman–Crippen MR) is 67.5 cm³/mol. The highest BCUT2D eigenvalue weighted by molar-refractivity contribution is 5.30. The van der Waals surface area contributed by atoms with E-state index in [-0.39, 0.29) is 0 Å². The fourth-order valence-electron chi connectivity index (χ4n) is 1.82. The Morgan fingerprint density at radius 2 is 1.53 bits per heavy atom. The normalized spacial score (nSPS) is 13.2. The number of hydrogen-bond acceptors (Lipinski definition) is 1. The minimum Gasteiger partial charge on any atom is -0.314 e. The van der Waals surface area contributed by atoms with Crippen molar-refractivity contribution in [2.45, 2.75) is 46.6 Å². The fourth-order valence-corrected chi connectivity index (χ4v) is 1.82. The Morgan fingerprint density at radius 3 is 2.00 bits per heavy atom. The number of hydrogen-bond donors (Lipinski definition) is 1. The van der Waals surface area contributed by atoms with Crippen molar-refractivity contribution in [1.82, 2.24) is 5.32 Å². The molecule has 0 bridgehead atoms. The quantitative estimate of drug-likeness (QED) is 0.794. The molecule has 1 atom stereocenters. The lowest BCUT2D eigenvalue weighted by Gasteiger charge is -2.16. The predicted octanol–water partition coefficient (Wildman–Crippen LogP) is 3.40. The van der Waals surface area contributed by atoms with Gasteiger partial charge in [-0.15, -0.1) is 0 Å². The highest BCUT2D eigenvalue weighted by Crippen LogP contribution is 2.18. The van der Waals surface area contributed by atoms with Crippen molar-refractivity contribution in [2.24, 2.45) is 0 Å². The van der Waals surface area contributed by atoms with Gasteiger partial charge in [-0.3, -0.25) is 0 Å². The van der Waals surface area contributed by atoms with E-state index in [1.807, 2.05) is 0 Å². The van der Waals surface area contributed by atoms with E-state index < -0.39 is 0 Å². The van der Waals surface area contributed by atoms with Gasteiger partial charge in [-0.2, -0.15) is 0 Å². The van der Waals surface area contributed by atoms with Crippen LogP contribution in [0.3, 0.4) is 0 Å². The molecule has 0 heterocycles. The molecule has 15 heavy (non-hydrogen) atoms. The second-order valence-electron chi connectivity index (χ2n) is 4.89. The Balaban J connectivity index is 2.68. The zero-order valence-electron chi connectivity index (χ0n) is 10.6. The molecule has 1 aromatic rings. The molecule has 0 fully saturated rings. The Labute approximate surface area is 93.9 Å². The maximum atomic E-state index is 3.48. The van der Waals surface area contributed by atoms with E-state index in [1.54, 1.807) is 0 Å². The molecule has 1 heteroatoms. The number of benzene rings is 1. The van der Waals surface area contributed by atoms with Crippen LogP contribution in [0.1, 0.15) is 43.4 Å². The van der Waals surface area contributed by atoms with Gasteiger partial charge in [0.25, 0.3) is 0 Å². The van der Waals surface area contributed by atoms with Gasteiger partial charge in [0.05, 0.1) is 0 Å². The van der Waals surface area contributed by atoms with Crippen LogP contribution < -0.4 is 5.32 Å². The molecule has 1 unspecified atom stereocenters. The topological polar surface area (TPSA) is 12.0 Å². The molecule has 1 nitrogen and oxygen atoms in total. The van der Waals surface area contributed by atoms with Gasteiger partial charge in [0.2, 0.25) is 0 Å². The van der Waals surface area contributed by atoms with E-state index in [4.69, 9.17) is 0 Å². The Bertz CT molecular complexity index is 295. The van der Waals surface area contributed by atoms with Crippen LogP contribution in [-0.2, 0) is 0 Å². The number of nitrogens with one attached hydrogen (secondary N) is 1. The van der Waals surface area contributed by atoms with Crippen LogP contribution in [0.15, 0.2) is 18.2 Å². The van der Waals surface area contributed by atoms with Crippen molar-refractivity contribution in [1.29, 1.82) is 0 Å². The van der Waals surface area contributed by atoms with Gasteiger partial charge < -0.3 is 5.32 Å². The molecule has 1 aromatic carbocycles. The second kappa shape index (κ2) is 5.32. The highest BCUT2D eigenvalue weighted by atomic mass is 14.9. The molecule has 0 amide bonds. The van der Waals surface area contributed by atoms with Crippen LogP contribution in [0.25, 0.3) is 0 Å². The van der Waals surface area contributed by atoms with Crippen molar-refractivity contribution >= 4 is 0 Å². The molecule has 0 spiro atoms. The molecular formula is C14H23N. The van der Waals surface area contributed by atoms with Gasteiger partial charge in [0, 0.05) is 12.6 Å². The SMILES string of the molecule is Cc1cc(C)cc(C(C)CNC(C)C)c1. The molecule has 0 aromatic heterocycles. The third-order valence-electron chi connectivity index (χ3n) is 2.65. The Hall–Kier alpha value is -0.820. The average molecular weight is 205 g/mol. The number of aryl methyl sites for hydroxylation is 2. The largest absolute Gasteiger partial charge is 0.314 e. The summed E-state index contributed by atoms with van der Waals surface area (Å²) in [6, 6.07) is 7.38. The first-order chi connectivity index (χ1) is 6.99. The summed E-state index contributed by atoms with van der Waals surface area (Å²) in [7, 11) is 0. The van der Waals surface area contributed by atoms with Crippen molar-refractivity contribution in [3.8, 4) is 0 Å². The minimum absolute atomic E-state index is 0.568. The van der Waals surface area contributed by atoms with Crippen LogP contribution in [0.5, 0.6) is 0 Å². The van der Waals surface area contributed by atoms with Gasteiger partial charge in [-0.05, 0) is 25.3 Å². The van der Waals surface area contributed by atoms with Gasteiger partial charge >= 0.3 is 0 Å². The monoisotopic (exact) mass is 205 g/mol. The zero-order chi connectivity index (χ0) is 11.4. The Morgan fingerprint density at radius 1 is 1.00 bits per heavy atom. The first-order valence-electron chi connectivity index (χ1n) is 5.80. The summed E-state index contributed by atoms with van der Waals surface area (Å²) in [5, 5.41) is 3.48. The summed E-state index contributed by atoms with van der Waals surface area (Å²) >= 11 is 0. The van der Waals surface area contributed by atoms with Gasteiger partial charge in [-0.25, -0.2) is 0 Å². The molecule has 0 aliphatic carbocycles. The lowest BCUT2D eigenvalue weighted by molar-refractivity contribution is 0.548. The molecule has 0 aliphatic heterocycles. The summed E-state index contributed by atoms with van der Waals surface area (Å²) in [5.74, 6) is 0.589. The summed E-state index contributed by atoms with van der Waals surface area (Å²) < 4.78 is 0. The molecule has 1 N–H and O–H groups in total. The van der Waals surface area contributed by atoms with E-state index in [1.165, 1.54) is 16.7 Å². The lowest BCUT2D eigenvalue weighted by atomic mass is 9.97. The summed E-state index contributed by atoms with van der Waals surface area (Å²) in [6.45, 7) is 12.0. The van der Waals surface area contributed by atoms with Crippen molar-refractivity contribution in [2.75, 3.05) is 6.54 Å². The summed E-state index contributed by atoms with van der Waals surface area (Å²) in [6.07, 6.45) is 0. The van der Waals surface area contributed by atoms with Crippen molar-refractivity contribution < 1.29 is 0 Å². The van der Waals surface area contributed by atoms with E-state index in [2.05, 4.69) is 58.1 Å². The van der Waals surface area contributed by atoms with Crippen LogP contribution in [-0.4, -0.2) is 12.6 Å². The first-order valence-corrected chi connectivity index (χ1v) is 5.80. The summed E-state index contributed by atoms with van der Waals surface area (Å²) in [5.41, 5.74) is 4.17. The molecule has 0 radical (unpaired) electrons. The second-order valence-corrected chi connectivity index (χ2v) is 4.89. The van der Waals surface area contributed by atoms with Crippen molar-refractivity contribution in [3.63, 3.8) is 0 Å². The highest BCUT2D eigenvalue weighted by Gasteiger charge is 2.06. The summed E-state index contributed by atoms with van der Waals surface area (Å²) in [4.78, 5) is 0. The lowest BCUT2D eigenvalue weighted by Crippen LogP contribution is -2.27. The third kappa shape index (κ3) is 4.05. The third-order valence-corrected chi connectivity index (χ3v) is 2.65. The molecule has 1 rings (SSSR count). The molecule has 0 saturated heterocycles. The smallest absolute Gasteiger partial charge is 0.00198 e. The van der Waals surface area contributed by atoms with E-state index >= 15 is 0 Å². The van der Waals surface area contributed by atoms with E-state index in [0.717, 1.165) is 6.54 Å². The molecule has 0 saturated carbocycles. The van der Waals surface area contributed by atoms with E-state index in [9.17, 15) is 0 Å². The minimum atomic E-state index is 0.568.